The van der Waals surface area contributed by atoms with E-state index < -0.39 is 11.5 Å². The van der Waals surface area contributed by atoms with Crippen molar-refractivity contribution in [3.63, 3.8) is 0 Å². The molecule has 0 spiro atoms. The van der Waals surface area contributed by atoms with Crippen molar-refractivity contribution >= 4 is 5.97 Å². The van der Waals surface area contributed by atoms with Crippen LogP contribution in [-0.4, -0.2) is 34.6 Å². The fraction of sp³-hybridized carbons (Fsp3) is 0.615. The summed E-state index contributed by atoms with van der Waals surface area (Å²) in [5.74, 6) is 5.07. The van der Waals surface area contributed by atoms with Gasteiger partial charge in [0.2, 0.25) is 0 Å². The van der Waals surface area contributed by atoms with Gasteiger partial charge >= 0.3 is 5.97 Å². The van der Waals surface area contributed by atoms with Crippen molar-refractivity contribution in [2.75, 3.05) is 13.1 Å². The van der Waals surface area contributed by atoms with Crippen LogP contribution in [0, 0.1) is 0 Å². The second kappa shape index (κ2) is 5.54. The summed E-state index contributed by atoms with van der Waals surface area (Å²) in [4.78, 5) is 18.2. The predicted octanol–water partition coefficient (Wildman–Crippen LogP) is 1.42. The molecular formula is C13H20N2O3. The number of nitrogens with zero attached hydrogens (tertiary/aromatic N) is 1. The molecule has 1 heterocycles. The number of carboxylic acid groups (broad SMARTS) is 1. The predicted molar refractivity (Wildman–Crippen MR) is 67.5 cm³/mol. The van der Waals surface area contributed by atoms with E-state index in [0.717, 1.165) is 25.9 Å². The third-order valence-electron chi connectivity index (χ3n) is 3.76. The molecule has 5 nitrogen and oxygen atoms in total. The molecule has 18 heavy (non-hydrogen) atoms. The van der Waals surface area contributed by atoms with Crippen molar-refractivity contribution in [1.29, 1.82) is 0 Å². The van der Waals surface area contributed by atoms with Gasteiger partial charge in [0.05, 0.1) is 12.0 Å². The Labute approximate surface area is 107 Å². The minimum Gasteiger partial charge on any atom is -0.481 e. The lowest BCUT2D eigenvalue weighted by Crippen LogP contribution is -2.52. The molecule has 1 fully saturated rings. The van der Waals surface area contributed by atoms with Gasteiger partial charge < -0.3 is 9.94 Å². The van der Waals surface area contributed by atoms with Crippen LogP contribution in [-0.2, 0) is 9.63 Å². The SMILES string of the molecule is NOC1=CC=C[C@@](CC(=O)O)(N2CCCCC2)C1. The Morgan fingerprint density at radius 3 is 2.78 bits per heavy atom. The molecule has 1 saturated heterocycles. The first kappa shape index (κ1) is 13.1. The standard InChI is InChI=1S/C13H20N2O3/c14-18-11-5-4-6-13(9-11,10-12(16)17)15-7-2-1-3-8-15/h4-6H,1-3,7-10,14H2,(H,16,17)/t13-/m1/s1. The van der Waals surface area contributed by atoms with Crippen molar-refractivity contribution in [3.05, 3.63) is 24.0 Å². The molecule has 100 valence electrons. The normalized spacial score (nSPS) is 28.8. The first-order chi connectivity index (χ1) is 8.66. The third kappa shape index (κ3) is 2.73. The zero-order chi connectivity index (χ0) is 13.0. The van der Waals surface area contributed by atoms with Crippen LogP contribution >= 0.6 is 0 Å². The maximum Gasteiger partial charge on any atom is 0.305 e. The second-order valence-corrected chi connectivity index (χ2v) is 5.01. The summed E-state index contributed by atoms with van der Waals surface area (Å²) in [7, 11) is 0. The lowest BCUT2D eigenvalue weighted by atomic mass is 9.83. The number of carbonyl (C=O) groups is 1. The van der Waals surface area contributed by atoms with Crippen LogP contribution in [0.25, 0.3) is 0 Å². The van der Waals surface area contributed by atoms with Gasteiger partial charge in [0.25, 0.3) is 0 Å². The molecule has 2 rings (SSSR count). The fourth-order valence-corrected chi connectivity index (χ4v) is 2.89. The van der Waals surface area contributed by atoms with Crippen molar-refractivity contribution in [3.8, 4) is 0 Å². The fourth-order valence-electron chi connectivity index (χ4n) is 2.89. The smallest absolute Gasteiger partial charge is 0.305 e. The Kier molecular flexibility index (Phi) is 4.04. The highest BCUT2D eigenvalue weighted by molar-refractivity contribution is 5.69. The van der Waals surface area contributed by atoms with Crippen LogP contribution in [0.1, 0.15) is 32.1 Å². The minimum atomic E-state index is -0.788. The number of hydrogen-bond donors (Lipinski definition) is 2. The van der Waals surface area contributed by atoms with E-state index in [2.05, 4.69) is 4.90 Å². The molecule has 5 heteroatoms. The van der Waals surface area contributed by atoms with Crippen LogP contribution in [0.5, 0.6) is 0 Å². The number of carboxylic acids is 1. The molecule has 0 aromatic rings. The van der Waals surface area contributed by atoms with E-state index in [0.29, 0.717) is 12.2 Å². The highest BCUT2D eigenvalue weighted by Crippen LogP contribution is 2.34. The van der Waals surface area contributed by atoms with Crippen molar-refractivity contribution in [2.24, 2.45) is 5.90 Å². The Morgan fingerprint density at radius 2 is 2.17 bits per heavy atom. The van der Waals surface area contributed by atoms with Crippen LogP contribution in [0.2, 0.25) is 0 Å². The van der Waals surface area contributed by atoms with E-state index in [1.165, 1.54) is 6.42 Å². The third-order valence-corrected chi connectivity index (χ3v) is 3.76. The van der Waals surface area contributed by atoms with Crippen LogP contribution in [0.3, 0.4) is 0 Å². The summed E-state index contributed by atoms with van der Waals surface area (Å²) in [6.45, 7) is 1.88. The lowest BCUT2D eigenvalue weighted by Gasteiger charge is -2.44. The van der Waals surface area contributed by atoms with Crippen molar-refractivity contribution < 1.29 is 14.7 Å². The van der Waals surface area contributed by atoms with Gasteiger partial charge in [-0.05, 0) is 32.0 Å². The minimum absolute atomic E-state index is 0.0875. The van der Waals surface area contributed by atoms with Gasteiger partial charge in [-0.2, -0.15) is 5.90 Å². The number of likely N-dealkylation sites (tertiary alicyclic amines) is 1. The largest absolute Gasteiger partial charge is 0.481 e. The van der Waals surface area contributed by atoms with Crippen LogP contribution in [0.4, 0.5) is 0 Å². The summed E-state index contributed by atoms with van der Waals surface area (Å²) in [6.07, 6.45) is 9.72. The zero-order valence-electron chi connectivity index (χ0n) is 10.5. The molecule has 0 aromatic carbocycles. The molecule has 0 aromatic heterocycles. The average Bonchev–Trinajstić information content (AvgIpc) is 2.39. The summed E-state index contributed by atoms with van der Waals surface area (Å²) >= 11 is 0. The van der Waals surface area contributed by atoms with Gasteiger partial charge in [-0.3, -0.25) is 9.69 Å². The number of hydrogen-bond acceptors (Lipinski definition) is 4. The highest BCUT2D eigenvalue weighted by Gasteiger charge is 2.39. The molecule has 2 aliphatic rings. The summed E-state index contributed by atoms with van der Waals surface area (Å²) in [6, 6.07) is 0. The second-order valence-electron chi connectivity index (χ2n) is 5.01. The van der Waals surface area contributed by atoms with Gasteiger partial charge in [-0.25, -0.2) is 0 Å². The molecular weight excluding hydrogens is 232 g/mol. The zero-order valence-corrected chi connectivity index (χ0v) is 10.5. The first-order valence-electron chi connectivity index (χ1n) is 6.38. The van der Waals surface area contributed by atoms with Crippen LogP contribution < -0.4 is 5.90 Å². The number of nitrogens with two attached hydrogens (primary N) is 1. The molecule has 0 unspecified atom stereocenters. The molecule has 0 saturated carbocycles. The van der Waals surface area contributed by atoms with E-state index in [4.69, 9.17) is 15.8 Å². The number of piperidine rings is 1. The number of allylic oxidation sites excluding steroid dienone is 2. The van der Waals surface area contributed by atoms with Gasteiger partial charge in [-0.1, -0.05) is 18.6 Å². The molecule has 0 radical (unpaired) electrons. The van der Waals surface area contributed by atoms with Gasteiger partial charge in [0.1, 0.15) is 5.76 Å². The van der Waals surface area contributed by atoms with E-state index in [-0.39, 0.29) is 6.42 Å². The van der Waals surface area contributed by atoms with Crippen molar-refractivity contribution in [2.45, 2.75) is 37.6 Å². The Balaban J connectivity index is 2.20. The number of rotatable bonds is 4. The van der Waals surface area contributed by atoms with Gasteiger partial charge in [0.15, 0.2) is 0 Å². The van der Waals surface area contributed by atoms with E-state index in [1.807, 2.05) is 12.2 Å². The molecule has 0 amide bonds. The Hall–Kier alpha value is -1.33. The maximum absolute atomic E-state index is 11.2. The van der Waals surface area contributed by atoms with Crippen LogP contribution in [0.15, 0.2) is 24.0 Å². The van der Waals surface area contributed by atoms with Gasteiger partial charge in [0, 0.05) is 6.42 Å². The van der Waals surface area contributed by atoms with Crippen molar-refractivity contribution in [1.82, 2.24) is 4.90 Å². The summed E-state index contributed by atoms with van der Waals surface area (Å²) < 4.78 is 0. The van der Waals surface area contributed by atoms with E-state index >= 15 is 0 Å². The molecule has 1 aliphatic carbocycles. The molecule has 1 atom stereocenters. The highest BCUT2D eigenvalue weighted by atomic mass is 16.6. The quantitative estimate of drug-likeness (QED) is 0.740. The maximum atomic E-state index is 11.2. The van der Waals surface area contributed by atoms with Gasteiger partial charge in [-0.15, -0.1) is 0 Å². The summed E-state index contributed by atoms with van der Waals surface area (Å²) in [5.41, 5.74) is -0.476. The molecule has 3 N–H and O–H groups in total. The lowest BCUT2D eigenvalue weighted by molar-refractivity contribution is -0.140. The monoisotopic (exact) mass is 252 g/mol. The molecule has 1 aliphatic heterocycles. The van der Waals surface area contributed by atoms with E-state index in [1.54, 1.807) is 6.08 Å². The Morgan fingerprint density at radius 1 is 1.44 bits per heavy atom. The van der Waals surface area contributed by atoms with E-state index in [9.17, 15) is 4.79 Å². The topological polar surface area (TPSA) is 75.8 Å². The average molecular weight is 252 g/mol. The first-order valence-corrected chi connectivity index (χ1v) is 6.38. The number of aliphatic carboxylic acids is 1. The molecule has 0 bridgehead atoms. The summed E-state index contributed by atoms with van der Waals surface area (Å²) in [5, 5.41) is 9.17. The Bertz CT molecular complexity index is 372.